The minimum absolute atomic E-state index is 0.165. The number of Topliss-reactive ketones (excluding diaryl/α,β-unsaturated/α-hetero) is 1. The molecule has 1 aliphatic carbocycles. The van der Waals surface area contributed by atoms with Gasteiger partial charge in [-0.25, -0.2) is 5.43 Å². The van der Waals surface area contributed by atoms with Crippen molar-refractivity contribution in [2.24, 2.45) is 5.10 Å². The predicted molar refractivity (Wildman–Crippen MR) is 106 cm³/mol. The Labute approximate surface area is 164 Å². The topological polar surface area (TPSA) is 102 Å². The van der Waals surface area contributed by atoms with Crippen molar-refractivity contribution in [3.05, 3.63) is 77.9 Å². The van der Waals surface area contributed by atoms with Crippen LogP contribution in [-0.4, -0.2) is 37.6 Å². The number of carbonyl (C=O) groups is 2. The molecule has 140 valence electrons. The van der Waals surface area contributed by atoms with Gasteiger partial charge in [0.05, 0.1) is 0 Å². The molecule has 0 radical (unpaired) electrons. The lowest BCUT2D eigenvalue weighted by atomic mass is 10.1. The zero-order valence-electron chi connectivity index (χ0n) is 15.1. The first kappa shape index (κ1) is 16.9. The Kier molecular flexibility index (Phi) is 3.94. The van der Waals surface area contributed by atoms with Gasteiger partial charge in [0.15, 0.2) is 0 Å². The standard InChI is InChI=1S/C21H14N6O2/c28-17(12-27-25-21(24-26-27)14-6-2-1-3-7-14)22-23-19-15-10-4-8-13-9-5-11-16(18(13)15)20(19)29/h1-11H,12H2,(H,22,28)/b23-19-. The van der Waals surface area contributed by atoms with Gasteiger partial charge < -0.3 is 0 Å². The van der Waals surface area contributed by atoms with Gasteiger partial charge in [-0.3, -0.25) is 9.59 Å². The number of hydrogen-bond acceptors (Lipinski definition) is 6. The predicted octanol–water partition coefficient (Wildman–Crippen LogP) is 2.21. The molecular formula is C21H14N6O2. The lowest BCUT2D eigenvalue weighted by Crippen LogP contribution is -2.26. The van der Waals surface area contributed by atoms with Crippen LogP contribution in [-0.2, 0) is 11.3 Å². The van der Waals surface area contributed by atoms with Crippen LogP contribution in [0.5, 0.6) is 0 Å². The Morgan fingerprint density at radius 1 is 0.966 bits per heavy atom. The van der Waals surface area contributed by atoms with Gasteiger partial charge >= 0.3 is 0 Å². The number of benzene rings is 3. The third-order valence-corrected chi connectivity index (χ3v) is 4.68. The number of ketones is 1. The van der Waals surface area contributed by atoms with E-state index in [0.717, 1.165) is 16.3 Å². The molecule has 0 bridgehead atoms. The average molecular weight is 382 g/mol. The summed E-state index contributed by atoms with van der Waals surface area (Å²) in [5, 5.41) is 17.9. The van der Waals surface area contributed by atoms with Crippen LogP contribution in [0.3, 0.4) is 0 Å². The Morgan fingerprint density at radius 2 is 1.72 bits per heavy atom. The molecule has 0 fully saturated rings. The monoisotopic (exact) mass is 382 g/mol. The second-order valence-corrected chi connectivity index (χ2v) is 6.54. The summed E-state index contributed by atoms with van der Waals surface area (Å²) >= 11 is 0. The zero-order valence-corrected chi connectivity index (χ0v) is 15.1. The maximum absolute atomic E-state index is 12.7. The van der Waals surface area contributed by atoms with Gasteiger partial charge in [-0.05, 0) is 10.6 Å². The molecule has 29 heavy (non-hydrogen) atoms. The number of carbonyl (C=O) groups excluding carboxylic acids is 2. The Balaban J connectivity index is 1.34. The number of nitrogens with zero attached hydrogens (tertiary/aromatic N) is 5. The van der Waals surface area contributed by atoms with Crippen molar-refractivity contribution < 1.29 is 9.59 Å². The van der Waals surface area contributed by atoms with Crippen LogP contribution in [0.2, 0.25) is 0 Å². The van der Waals surface area contributed by atoms with Crippen LogP contribution in [0.15, 0.2) is 71.8 Å². The first-order valence-electron chi connectivity index (χ1n) is 8.97. The molecule has 0 atom stereocenters. The summed E-state index contributed by atoms with van der Waals surface area (Å²) in [6.07, 6.45) is 0. The summed E-state index contributed by atoms with van der Waals surface area (Å²) in [5.41, 5.74) is 4.77. The quantitative estimate of drug-likeness (QED) is 0.545. The van der Waals surface area contributed by atoms with Crippen LogP contribution in [0, 0.1) is 0 Å². The molecule has 3 aromatic carbocycles. The molecule has 1 heterocycles. The van der Waals surface area contributed by atoms with Crippen molar-refractivity contribution in [1.82, 2.24) is 25.6 Å². The van der Waals surface area contributed by atoms with Crippen molar-refractivity contribution in [3.63, 3.8) is 0 Å². The van der Waals surface area contributed by atoms with Gasteiger partial charge in [0.25, 0.3) is 5.91 Å². The van der Waals surface area contributed by atoms with Crippen LogP contribution in [0.25, 0.3) is 22.2 Å². The zero-order chi connectivity index (χ0) is 19.8. The van der Waals surface area contributed by atoms with Gasteiger partial charge in [-0.2, -0.15) is 9.90 Å². The van der Waals surface area contributed by atoms with E-state index < -0.39 is 5.91 Å². The Bertz CT molecular complexity index is 1290. The highest BCUT2D eigenvalue weighted by Crippen LogP contribution is 2.30. The van der Waals surface area contributed by atoms with E-state index in [1.807, 2.05) is 60.7 Å². The molecule has 1 aliphatic rings. The molecule has 1 N–H and O–H groups in total. The number of tetrazole rings is 1. The van der Waals surface area contributed by atoms with E-state index in [1.54, 1.807) is 6.07 Å². The third kappa shape index (κ3) is 2.96. The fraction of sp³-hybridized carbons (Fsp3) is 0.0476. The molecule has 0 saturated heterocycles. The second-order valence-electron chi connectivity index (χ2n) is 6.54. The summed E-state index contributed by atoms with van der Waals surface area (Å²) in [5.74, 6) is -0.231. The molecule has 1 aromatic heterocycles. The molecule has 4 aromatic rings. The molecule has 0 saturated carbocycles. The molecular weight excluding hydrogens is 368 g/mol. The maximum Gasteiger partial charge on any atom is 0.263 e. The van der Waals surface area contributed by atoms with Gasteiger partial charge in [0, 0.05) is 22.1 Å². The summed E-state index contributed by atoms with van der Waals surface area (Å²) in [6, 6.07) is 20.5. The number of aromatic nitrogens is 4. The van der Waals surface area contributed by atoms with Gasteiger partial charge in [-0.1, -0.05) is 66.7 Å². The van der Waals surface area contributed by atoms with E-state index in [1.165, 1.54) is 4.80 Å². The average Bonchev–Trinajstić information content (AvgIpc) is 3.32. The lowest BCUT2D eigenvalue weighted by Gasteiger charge is -2.01. The third-order valence-electron chi connectivity index (χ3n) is 4.68. The van der Waals surface area contributed by atoms with Crippen molar-refractivity contribution >= 4 is 28.2 Å². The van der Waals surface area contributed by atoms with E-state index in [9.17, 15) is 9.59 Å². The first-order chi connectivity index (χ1) is 14.2. The fourth-order valence-corrected chi connectivity index (χ4v) is 3.38. The number of amides is 1. The van der Waals surface area contributed by atoms with Crippen molar-refractivity contribution in [2.75, 3.05) is 0 Å². The minimum Gasteiger partial charge on any atom is -0.287 e. The van der Waals surface area contributed by atoms with Crippen LogP contribution < -0.4 is 5.43 Å². The molecule has 0 unspecified atom stereocenters. The van der Waals surface area contributed by atoms with Gasteiger partial charge in [0.2, 0.25) is 11.6 Å². The summed E-state index contributed by atoms with van der Waals surface area (Å²) in [7, 11) is 0. The van der Waals surface area contributed by atoms with E-state index in [-0.39, 0.29) is 18.0 Å². The highest BCUT2D eigenvalue weighted by molar-refractivity contribution is 6.59. The minimum atomic E-state index is -0.453. The van der Waals surface area contributed by atoms with E-state index in [0.29, 0.717) is 17.0 Å². The van der Waals surface area contributed by atoms with Crippen LogP contribution in [0.4, 0.5) is 0 Å². The molecule has 8 heteroatoms. The summed E-state index contributed by atoms with van der Waals surface area (Å²) in [6.45, 7) is -0.165. The number of rotatable bonds is 4. The van der Waals surface area contributed by atoms with Gasteiger partial charge in [-0.15, -0.1) is 10.2 Å². The summed E-state index contributed by atoms with van der Waals surface area (Å²) < 4.78 is 0. The Morgan fingerprint density at radius 3 is 2.52 bits per heavy atom. The van der Waals surface area contributed by atoms with Crippen molar-refractivity contribution in [1.29, 1.82) is 0 Å². The van der Waals surface area contributed by atoms with Crippen molar-refractivity contribution in [3.8, 4) is 11.4 Å². The molecule has 8 nitrogen and oxygen atoms in total. The van der Waals surface area contributed by atoms with E-state index >= 15 is 0 Å². The number of hydrazone groups is 1. The van der Waals surface area contributed by atoms with Crippen LogP contribution in [0.1, 0.15) is 15.9 Å². The molecule has 1 amide bonds. The molecule has 5 rings (SSSR count). The smallest absolute Gasteiger partial charge is 0.263 e. The second kappa shape index (κ2) is 6.75. The Hall–Kier alpha value is -4.20. The van der Waals surface area contributed by atoms with Crippen molar-refractivity contribution in [2.45, 2.75) is 6.54 Å². The largest absolute Gasteiger partial charge is 0.287 e. The highest BCUT2D eigenvalue weighted by atomic mass is 16.2. The SMILES string of the molecule is O=C(Cn1nnc(-c2ccccc2)n1)N/N=C1\C(=O)c2cccc3cccc1c23. The van der Waals surface area contributed by atoms with E-state index in [2.05, 4.69) is 25.9 Å². The molecule has 0 spiro atoms. The van der Waals surface area contributed by atoms with Crippen LogP contribution >= 0.6 is 0 Å². The van der Waals surface area contributed by atoms with Gasteiger partial charge in [0.1, 0.15) is 12.3 Å². The highest BCUT2D eigenvalue weighted by Gasteiger charge is 2.28. The molecule has 0 aliphatic heterocycles. The fourth-order valence-electron chi connectivity index (χ4n) is 3.38. The normalized spacial score (nSPS) is 13.9. The lowest BCUT2D eigenvalue weighted by molar-refractivity contribution is -0.122. The number of hydrogen-bond donors (Lipinski definition) is 1. The first-order valence-corrected chi connectivity index (χ1v) is 8.97. The maximum atomic E-state index is 12.7. The number of nitrogens with one attached hydrogen (secondary N) is 1. The van der Waals surface area contributed by atoms with E-state index in [4.69, 9.17) is 0 Å². The summed E-state index contributed by atoms with van der Waals surface area (Å²) in [4.78, 5) is 26.1.